The number of esters is 4. The molecule has 552 valence electrons. The summed E-state index contributed by atoms with van der Waals surface area (Å²) < 4.78 is 68.3. The third kappa shape index (κ3) is 67.0. The number of phosphoric acid groups is 2. The van der Waals surface area contributed by atoms with Crippen LogP contribution in [0.4, 0.5) is 0 Å². The van der Waals surface area contributed by atoms with E-state index in [1.165, 1.54) is 199 Å². The number of aliphatic hydroxyl groups is 1. The van der Waals surface area contributed by atoms with E-state index < -0.39 is 97.5 Å². The van der Waals surface area contributed by atoms with Crippen LogP contribution in [0.3, 0.4) is 0 Å². The molecule has 19 heteroatoms. The summed E-state index contributed by atoms with van der Waals surface area (Å²) in [5.41, 5.74) is 0. The Morgan fingerprint density at radius 1 is 0.301 bits per heavy atom. The van der Waals surface area contributed by atoms with Crippen LogP contribution >= 0.6 is 15.6 Å². The zero-order valence-electron chi connectivity index (χ0n) is 60.4. The topological polar surface area (TPSA) is 237 Å². The minimum Gasteiger partial charge on any atom is -0.462 e. The smallest absolute Gasteiger partial charge is 0.462 e. The Morgan fingerprint density at radius 2 is 0.516 bits per heavy atom. The van der Waals surface area contributed by atoms with Crippen LogP contribution < -0.4 is 0 Å². The van der Waals surface area contributed by atoms with Crippen molar-refractivity contribution in [2.24, 2.45) is 5.92 Å². The van der Waals surface area contributed by atoms with Gasteiger partial charge in [0.05, 0.1) is 26.4 Å². The molecule has 0 amide bonds. The maximum atomic E-state index is 13.1. The van der Waals surface area contributed by atoms with Crippen LogP contribution in [-0.4, -0.2) is 96.7 Å². The molecule has 0 heterocycles. The summed E-state index contributed by atoms with van der Waals surface area (Å²) >= 11 is 0. The van der Waals surface area contributed by atoms with Crippen molar-refractivity contribution in [3.05, 3.63) is 0 Å². The van der Waals surface area contributed by atoms with Gasteiger partial charge < -0.3 is 33.8 Å². The Labute approximate surface area is 568 Å². The number of rotatable bonds is 74. The zero-order valence-corrected chi connectivity index (χ0v) is 62.2. The van der Waals surface area contributed by atoms with Gasteiger partial charge in [-0.1, -0.05) is 336 Å². The summed E-state index contributed by atoms with van der Waals surface area (Å²) in [5, 5.41) is 10.6. The number of carbonyl (C=O) groups excluding carboxylic acids is 4. The van der Waals surface area contributed by atoms with Gasteiger partial charge in [-0.15, -0.1) is 0 Å². The summed E-state index contributed by atoms with van der Waals surface area (Å²) in [6, 6.07) is 0. The largest absolute Gasteiger partial charge is 0.472 e. The quantitative estimate of drug-likeness (QED) is 0.0222. The molecule has 0 fully saturated rings. The van der Waals surface area contributed by atoms with E-state index in [4.69, 9.17) is 37.0 Å². The maximum Gasteiger partial charge on any atom is 0.472 e. The monoisotopic (exact) mass is 1370 g/mol. The zero-order chi connectivity index (χ0) is 68.4. The minimum absolute atomic E-state index is 0.105. The summed E-state index contributed by atoms with van der Waals surface area (Å²) in [6.07, 6.45) is 55.6. The lowest BCUT2D eigenvalue weighted by Crippen LogP contribution is -2.30. The predicted octanol–water partition coefficient (Wildman–Crippen LogP) is 21.7. The Bertz CT molecular complexity index is 1790. The van der Waals surface area contributed by atoms with E-state index in [0.717, 1.165) is 109 Å². The second kappa shape index (κ2) is 67.3. The first-order chi connectivity index (χ1) is 45.1. The molecule has 0 spiro atoms. The summed E-state index contributed by atoms with van der Waals surface area (Å²) in [4.78, 5) is 72.6. The van der Waals surface area contributed by atoms with Gasteiger partial charge in [-0.05, 0) is 31.6 Å². The van der Waals surface area contributed by atoms with Gasteiger partial charge in [0, 0.05) is 25.7 Å². The van der Waals surface area contributed by atoms with Crippen LogP contribution in [0.1, 0.15) is 388 Å². The fraction of sp³-hybridized carbons (Fsp3) is 0.946. The van der Waals surface area contributed by atoms with Crippen molar-refractivity contribution in [2.45, 2.75) is 406 Å². The Kier molecular flexibility index (Phi) is 65.9. The average Bonchev–Trinajstić information content (AvgIpc) is 2.03. The van der Waals surface area contributed by atoms with Gasteiger partial charge in [0.1, 0.15) is 19.3 Å². The molecule has 0 aromatic rings. The van der Waals surface area contributed by atoms with Crippen molar-refractivity contribution >= 4 is 39.5 Å². The Balaban J connectivity index is 5.18. The molecule has 0 saturated heterocycles. The number of aliphatic hydroxyl groups excluding tert-OH is 1. The molecule has 0 saturated carbocycles. The maximum absolute atomic E-state index is 13.1. The van der Waals surface area contributed by atoms with E-state index in [2.05, 4.69) is 34.6 Å². The van der Waals surface area contributed by atoms with E-state index in [0.29, 0.717) is 25.7 Å². The summed E-state index contributed by atoms with van der Waals surface area (Å²) in [5.74, 6) is -1.35. The minimum atomic E-state index is -4.95. The lowest BCUT2D eigenvalue weighted by molar-refractivity contribution is -0.161. The van der Waals surface area contributed by atoms with Gasteiger partial charge in [-0.2, -0.15) is 0 Å². The van der Waals surface area contributed by atoms with Crippen molar-refractivity contribution in [1.82, 2.24) is 0 Å². The molecule has 0 aliphatic rings. The standard InChI is InChI=1S/C74H144O17P2/c1-6-10-13-16-19-21-23-25-27-28-29-30-31-32-34-36-38-44-49-54-59-73(78)90-70(64-85-72(77)58-53-48-43-37-35-33-26-24-22-20-17-14-11-7-2)66-89-93(82,83)87-62-68(75)61-86-92(80,81)88-65-69(63-84-71(76)57-52-47-41-18-15-12-8-3)91-74(79)60-55-50-45-40-39-42-46-51-56-67(5)9-4/h67-70,75H,6-66H2,1-5H3,(H,80,81)(H,82,83)/t67?,68-,69+,70+/m0/s1. The molecular formula is C74H144O17P2. The number of carbonyl (C=O) groups is 4. The molecule has 0 aromatic carbocycles. The molecular weight excluding hydrogens is 1220 g/mol. The Hall–Kier alpha value is -1.94. The molecule has 0 bridgehead atoms. The van der Waals surface area contributed by atoms with Crippen molar-refractivity contribution in [1.29, 1.82) is 0 Å². The second-order valence-corrected chi connectivity index (χ2v) is 29.8. The van der Waals surface area contributed by atoms with Crippen LogP contribution in [-0.2, 0) is 65.4 Å². The van der Waals surface area contributed by atoms with Gasteiger partial charge in [0.25, 0.3) is 0 Å². The number of hydrogen-bond donors (Lipinski definition) is 3. The van der Waals surface area contributed by atoms with Gasteiger partial charge in [0.2, 0.25) is 0 Å². The third-order valence-corrected chi connectivity index (χ3v) is 19.5. The molecule has 6 atom stereocenters. The molecule has 17 nitrogen and oxygen atoms in total. The van der Waals surface area contributed by atoms with Crippen LogP contribution in [0.2, 0.25) is 0 Å². The van der Waals surface area contributed by atoms with Gasteiger partial charge in [-0.25, -0.2) is 9.13 Å². The molecule has 0 rings (SSSR count). The normalized spacial score (nSPS) is 14.3. The van der Waals surface area contributed by atoms with E-state index in [1.807, 2.05) is 0 Å². The highest BCUT2D eigenvalue weighted by atomic mass is 31.2. The highest BCUT2D eigenvalue weighted by Gasteiger charge is 2.30. The van der Waals surface area contributed by atoms with E-state index in [-0.39, 0.29) is 25.7 Å². The summed E-state index contributed by atoms with van der Waals surface area (Å²) in [7, 11) is -9.90. The fourth-order valence-corrected chi connectivity index (χ4v) is 12.9. The van der Waals surface area contributed by atoms with Crippen molar-refractivity contribution in [3.63, 3.8) is 0 Å². The number of hydrogen-bond acceptors (Lipinski definition) is 15. The average molecular weight is 1370 g/mol. The van der Waals surface area contributed by atoms with Crippen LogP contribution in [0.25, 0.3) is 0 Å². The van der Waals surface area contributed by atoms with Crippen molar-refractivity contribution in [3.8, 4) is 0 Å². The lowest BCUT2D eigenvalue weighted by Gasteiger charge is -2.21. The molecule has 0 aromatic heterocycles. The predicted molar refractivity (Wildman–Crippen MR) is 377 cm³/mol. The van der Waals surface area contributed by atoms with Crippen molar-refractivity contribution in [2.75, 3.05) is 39.6 Å². The fourth-order valence-electron chi connectivity index (χ4n) is 11.3. The second-order valence-electron chi connectivity index (χ2n) is 26.9. The van der Waals surface area contributed by atoms with Gasteiger partial charge in [0.15, 0.2) is 12.2 Å². The molecule has 3 N–H and O–H groups in total. The van der Waals surface area contributed by atoms with Gasteiger partial charge in [-0.3, -0.25) is 37.3 Å². The lowest BCUT2D eigenvalue weighted by atomic mass is 9.99. The first-order valence-electron chi connectivity index (χ1n) is 38.7. The van der Waals surface area contributed by atoms with Crippen LogP contribution in [0.5, 0.6) is 0 Å². The van der Waals surface area contributed by atoms with Crippen molar-refractivity contribution < 1.29 is 80.2 Å². The molecule has 0 aliphatic carbocycles. The first-order valence-corrected chi connectivity index (χ1v) is 41.7. The van der Waals surface area contributed by atoms with E-state index in [1.54, 1.807) is 0 Å². The highest BCUT2D eigenvalue weighted by molar-refractivity contribution is 7.47. The van der Waals surface area contributed by atoms with E-state index >= 15 is 0 Å². The number of phosphoric ester groups is 2. The first kappa shape index (κ1) is 91.1. The van der Waals surface area contributed by atoms with Crippen LogP contribution in [0, 0.1) is 5.92 Å². The third-order valence-electron chi connectivity index (χ3n) is 17.6. The Morgan fingerprint density at radius 3 is 0.763 bits per heavy atom. The van der Waals surface area contributed by atoms with Gasteiger partial charge >= 0.3 is 39.5 Å². The molecule has 3 unspecified atom stereocenters. The number of ether oxygens (including phenoxy) is 4. The SMILES string of the molecule is CCCCCCCCCCCCCCCCCCCCCCC(=O)O[C@H](COC(=O)CCCCCCCCCCCCCCCC)COP(=O)(O)OC[C@@H](O)COP(=O)(O)OC[C@@H](COC(=O)CCCCCCCCC)OC(=O)CCCCCCCCCCC(C)CC. The number of unbranched alkanes of at least 4 members (excludes halogenated alkanes) is 45. The molecule has 0 aliphatic heterocycles. The van der Waals surface area contributed by atoms with Crippen LogP contribution in [0.15, 0.2) is 0 Å². The highest BCUT2D eigenvalue weighted by Crippen LogP contribution is 2.45. The summed E-state index contributed by atoms with van der Waals surface area (Å²) in [6.45, 7) is 7.23. The van der Waals surface area contributed by atoms with E-state index in [9.17, 15) is 43.2 Å². The molecule has 93 heavy (non-hydrogen) atoms. The molecule has 0 radical (unpaired) electrons.